The van der Waals surface area contributed by atoms with Gasteiger partial charge in [0, 0.05) is 13.2 Å². The van der Waals surface area contributed by atoms with E-state index in [-0.39, 0.29) is 2.86 Å². The van der Waals surface area contributed by atoms with Gasteiger partial charge in [-0.15, -0.1) is 0 Å². The summed E-state index contributed by atoms with van der Waals surface area (Å²) in [7, 11) is -1.61. The molecule has 0 spiro atoms. The Morgan fingerprint density at radius 2 is 1.50 bits per heavy atom. The molecule has 0 aliphatic carbocycles. The molecule has 74 valence electrons. The van der Waals surface area contributed by atoms with Crippen LogP contribution < -0.4 is 0 Å². The van der Waals surface area contributed by atoms with Gasteiger partial charge in [0.2, 0.25) is 0 Å². The van der Waals surface area contributed by atoms with Crippen LogP contribution in [0.1, 0.15) is 27.2 Å². The Morgan fingerprint density at radius 3 is 1.75 bits per heavy atom. The van der Waals surface area contributed by atoms with Crippen molar-refractivity contribution in [1.82, 2.24) is 0 Å². The van der Waals surface area contributed by atoms with Crippen LogP contribution in [0.15, 0.2) is 0 Å². The molecule has 0 aliphatic heterocycles. The lowest BCUT2D eigenvalue weighted by Gasteiger charge is -2.26. The highest BCUT2D eigenvalue weighted by Crippen LogP contribution is 2.33. The first kappa shape index (κ1) is 13.1. The van der Waals surface area contributed by atoms with Crippen molar-refractivity contribution >= 4 is 41.1 Å². The lowest BCUT2D eigenvalue weighted by Crippen LogP contribution is -2.40. The molecule has 0 unspecified atom stereocenters. The molecule has 0 aromatic heterocycles. The third-order valence-corrected chi connectivity index (χ3v) is 7.19. The Kier molecular flexibility index (Phi) is 7.13. The zero-order chi connectivity index (χ0) is 9.61. The first-order chi connectivity index (χ1) is 5.58. The van der Waals surface area contributed by atoms with E-state index in [0.717, 1.165) is 19.6 Å². The van der Waals surface area contributed by atoms with Gasteiger partial charge >= 0.3 is 9.28 Å². The minimum Gasteiger partial charge on any atom is -0.396 e. The molecule has 0 saturated heterocycles. The van der Waals surface area contributed by atoms with Crippen LogP contribution in [0.2, 0.25) is 0 Å². The Balaban J connectivity index is 4.07. The molecule has 0 aliphatic rings. The summed E-state index contributed by atoms with van der Waals surface area (Å²) in [5.41, 5.74) is 0. The van der Waals surface area contributed by atoms with Gasteiger partial charge in [0.05, 0.1) is 0 Å². The lowest BCUT2D eigenvalue weighted by molar-refractivity contribution is 0.210. The van der Waals surface area contributed by atoms with Crippen molar-refractivity contribution in [3.05, 3.63) is 0 Å². The van der Waals surface area contributed by atoms with Crippen molar-refractivity contribution < 1.29 is 8.85 Å². The molecule has 0 aromatic rings. The quantitative estimate of drug-likeness (QED) is 0.553. The number of rotatable bonds is 6. The summed E-state index contributed by atoms with van der Waals surface area (Å²) >= 11 is 7.16. The molecule has 0 rings (SSSR count). The number of alkyl halides is 2. The molecule has 0 atom stereocenters. The average Bonchev–Trinajstić information content (AvgIpc) is 2.04. The van der Waals surface area contributed by atoms with E-state index in [9.17, 15) is 0 Å². The normalized spacial score (nSPS) is 12.5. The van der Waals surface area contributed by atoms with E-state index in [2.05, 4.69) is 38.8 Å². The smallest absolute Gasteiger partial charge is 0.349 e. The summed E-state index contributed by atoms with van der Waals surface area (Å²) in [6.07, 6.45) is 0.962. The molecule has 12 heavy (non-hydrogen) atoms. The van der Waals surface area contributed by atoms with Crippen LogP contribution in [0.25, 0.3) is 0 Å². The van der Waals surface area contributed by atoms with E-state index in [1.165, 1.54) is 0 Å². The summed E-state index contributed by atoms with van der Waals surface area (Å²) in [4.78, 5) is 0. The minimum atomic E-state index is -1.61. The molecule has 0 fully saturated rings. The van der Waals surface area contributed by atoms with E-state index >= 15 is 0 Å². The number of halogens is 2. The van der Waals surface area contributed by atoms with Crippen LogP contribution in [0, 0.1) is 0 Å². The highest BCUT2D eigenvalue weighted by Gasteiger charge is 2.36. The summed E-state index contributed by atoms with van der Waals surface area (Å²) in [5.74, 6) is 0. The SMILES string of the molecule is CCO[SiH](OCC)C(Br)(Br)CC. The monoisotopic (exact) mass is 318 g/mol. The molecule has 0 amide bonds. The van der Waals surface area contributed by atoms with Gasteiger partial charge in [0.1, 0.15) is 2.86 Å². The van der Waals surface area contributed by atoms with E-state index in [4.69, 9.17) is 8.85 Å². The van der Waals surface area contributed by atoms with Gasteiger partial charge in [-0.3, -0.25) is 0 Å². The summed E-state index contributed by atoms with van der Waals surface area (Å²) in [6.45, 7) is 7.52. The molecular formula is C7H16Br2O2Si. The van der Waals surface area contributed by atoms with Crippen molar-refractivity contribution in [2.75, 3.05) is 13.2 Å². The molecular weight excluding hydrogens is 304 g/mol. The number of hydrogen-bond acceptors (Lipinski definition) is 2. The second kappa shape index (κ2) is 6.54. The molecule has 0 saturated carbocycles. The molecule has 2 nitrogen and oxygen atoms in total. The van der Waals surface area contributed by atoms with Gasteiger partial charge in [-0.25, -0.2) is 0 Å². The molecule has 0 radical (unpaired) electrons. The molecule has 0 bridgehead atoms. The Bertz CT molecular complexity index is 116. The molecule has 0 heterocycles. The zero-order valence-electron chi connectivity index (χ0n) is 7.77. The third-order valence-electron chi connectivity index (χ3n) is 1.45. The van der Waals surface area contributed by atoms with Crippen LogP contribution in [0.4, 0.5) is 0 Å². The van der Waals surface area contributed by atoms with Gasteiger partial charge in [-0.05, 0) is 20.3 Å². The first-order valence-corrected chi connectivity index (χ1v) is 7.30. The zero-order valence-corrected chi connectivity index (χ0v) is 12.1. The van der Waals surface area contributed by atoms with Crippen LogP contribution in [0.5, 0.6) is 0 Å². The van der Waals surface area contributed by atoms with Gasteiger partial charge in [-0.1, -0.05) is 38.8 Å². The van der Waals surface area contributed by atoms with E-state index < -0.39 is 9.28 Å². The first-order valence-electron chi connectivity index (χ1n) is 4.19. The fourth-order valence-electron chi connectivity index (χ4n) is 0.761. The van der Waals surface area contributed by atoms with Crippen LogP contribution in [-0.2, 0) is 8.85 Å². The number of hydrogen-bond donors (Lipinski definition) is 0. The van der Waals surface area contributed by atoms with Crippen molar-refractivity contribution in [2.45, 2.75) is 30.0 Å². The van der Waals surface area contributed by atoms with Gasteiger partial charge < -0.3 is 8.85 Å². The van der Waals surface area contributed by atoms with Crippen LogP contribution in [-0.4, -0.2) is 25.4 Å². The average molecular weight is 320 g/mol. The highest BCUT2D eigenvalue weighted by atomic mass is 79.9. The second-order valence-corrected chi connectivity index (χ2v) is 10.3. The van der Waals surface area contributed by atoms with Crippen molar-refractivity contribution in [2.24, 2.45) is 0 Å². The van der Waals surface area contributed by atoms with Crippen molar-refractivity contribution in [3.63, 3.8) is 0 Å². The Labute approximate surface area is 93.1 Å². The van der Waals surface area contributed by atoms with E-state index in [1.54, 1.807) is 0 Å². The maximum atomic E-state index is 5.56. The van der Waals surface area contributed by atoms with Crippen LogP contribution in [0.3, 0.4) is 0 Å². The molecule has 0 aromatic carbocycles. The van der Waals surface area contributed by atoms with E-state index in [1.807, 2.05) is 13.8 Å². The van der Waals surface area contributed by atoms with Gasteiger partial charge in [0.25, 0.3) is 0 Å². The topological polar surface area (TPSA) is 18.5 Å². The predicted octanol–water partition coefficient (Wildman–Crippen LogP) is 2.72. The molecule has 5 heteroatoms. The largest absolute Gasteiger partial charge is 0.396 e. The van der Waals surface area contributed by atoms with Gasteiger partial charge in [0.15, 0.2) is 0 Å². The fraction of sp³-hybridized carbons (Fsp3) is 1.00. The van der Waals surface area contributed by atoms with Crippen LogP contribution >= 0.6 is 31.9 Å². The maximum absolute atomic E-state index is 5.56. The Hall–Kier alpha value is 1.10. The van der Waals surface area contributed by atoms with Crippen molar-refractivity contribution in [1.29, 1.82) is 0 Å². The van der Waals surface area contributed by atoms with Gasteiger partial charge in [-0.2, -0.15) is 0 Å². The van der Waals surface area contributed by atoms with E-state index in [0.29, 0.717) is 0 Å². The fourth-order valence-corrected chi connectivity index (χ4v) is 3.87. The summed E-state index contributed by atoms with van der Waals surface area (Å²) < 4.78 is 11.0. The summed E-state index contributed by atoms with van der Waals surface area (Å²) in [6, 6.07) is 0. The Morgan fingerprint density at radius 1 is 1.08 bits per heavy atom. The third kappa shape index (κ3) is 4.37. The van der Waals surface area contributed by atoms with Crippen molar-refractivity contribution in [3.8, 4) is 0 Å². The lowest BCUT2D eigenvalue weighted by atomic mass is 10.6. The standard InChI is InChI=1S/C7H16Br2O2Si/c1-4-7(8,9)12(10-5-2)11-6-3/h12H,4-6H2,1-3H3. The second-order valence-electron chi connectivity index (χ2n) is 2.36. The molecule has 0 N–H and O–H groups in total. The predicted molar refractivity (Wildman–Crippen MR) is 61.3 cm³/mol. The maximum Gasteiger partial charge on any atom is 0.349 e. The summed E-state index contributed by atoms with van der Waals surface area (Å²) in [5, 5.41) is 0. The highest BCUT2D eigenvalue weighted by molar-refractivity contribution is 9.26. The minimum absolute atomic E-state index is 0.119.